The van der Waals surface area contributed by atoms with Gasteiger partial charge in [0.2, 0.25) is 0 Å². The molecule has 1 unspecified atom stereocenters. The maximum atomic E-state index is 11.5. The Morgan fingerprint density at radius 1 is 1.33 bits per heavy atom. The molecule has 1 rings (SSSR count). The molecule has 1 saturated carbocycles. The molecular weight excluding hydrogens is 228 g/mol. The topological polar surface area (TPSA) is 55.6 Å². The van der Waals surface area contributed by atoms with Gasteiger partial charge in [0.15, 0.2) is 0 Å². The molecule has 106 valence electrons. The van der Waals surface area contributed by atoms with Crippen LogP contribution in [0.1, 0.15) is 51.9 Å². The summed E-state index contributed by atoms with van der Waals surface area (Å²) in [5.74, 6) is -0.322. The zero-order valence-electron chi connectivity index (χ0n) is 12.1. The van der Waals surface area contributed by atoms with Crippen LogP contribution in [0.15, 0.2) is 0 Å². The fourth-order valence-corrected chi connectivity index (χ4v) is 2.62. The molecule has 1 aliphatic carbocycles. The van der Waals surface area contributed by atoms with Crippen molar-refractivity contribution in [1.82, 2.24) is 4.90 Å². The smallest absolute Gasteiger partial charge is 0.325 e. The van der Waals surface area contributed by atoms with Crippen molar-refractivity contribution in [3.05, 3.63) is 0 Å². The first-order chi connectivity index (χ1) is 8.47. The minimum absolute atomic E-state index is 0.322. The van der Waals surface area contributed by atoms with Gasteiger partial charge in [-0.25, -0.2) is 0 Å². The number of carbonyl (C=O) groups excluding carboxylic acids is 1. The average Bonchev–Trinajstić information content (AvgIpc) is 2.63. The first kappa shape index (κ1) is 15.4. The quantitative estimate of drug-likeness (QED) is 0.603. The molecule has 0 bridgehead atoms. The Labute approximate surface area is 111 Å². The first-order valence-electron chi connectivity index (χ1n) is 7.05. The highest BCUT2D eigenvalue weighted by molar-refractivity contribution is 5.79. The number of hydrogen-bond acceptors (Lipinski definition) is 4. The number of esters is 1. The molecule has 2 N–H and O–H groups in total. The molecule has 0 aromatic rings. The van der Waals surface area contributed by atoms with Crippen LogP contribution in [-0.2, 0) is 9.53 Å². The zero-order valence-corrected chi connectivity index (χ0v) is 12.1. The summed E-state index contributed by atoms with van der Waals surface area (Å²) in [7, 11) is 3.53. The van der Waals surface area contributed by atoms with Crippen LogP contribution in [0.4, 0.5) is 0 Å². The molecule has 4 heteroatoms. The van der Waals surface area contributed by atoms with Gasteiger partial charge in [0.1, 0.15) is 5.54 Å². The van der Waals surface area contributed by atoms with E-state index in [1.165, 1.54) is 45.6 Å². The monoisotopic (exact) mass is 256 g/mol. The summed E-state index contributed by atoms with van der Waals surface area (Å²) in [6, 6.07) is 0.654. The van der Waals surface area contributed by atoms with Gasteiger partial charge in [0, 0.05) is 12.6 Å². The molecule has 0 heterocycles. The highest BCUT2D eigenvalue weighted by Crippen LogP contribution is 2.21. The minimum Gasteiger partial charge on any atom is -0.468 e. The Hall–Kier alpha value is -0.610. The number of nitrogens with two attached hydrogens (primary N) is 1. The number of ether oxygens (including phenoxy) is 1. The SMILES string of the molecule is COC(=O)C(C)(N)CCN(C)C1CCCCCC1. The Balaban J connectivity index is 2.39. The second-order valence-corrected chi connectivity index (χ2v) is 5.79. The van der Waals surface area contributed by atoms with E-state index in [1.54, 1.807) is 6.92 Å². The fourth-order valence-electron chi connectivity index (χ4n) is 2.62. The highest BCUT2D eigenvalue weighted by Gasteiger charge is 2.30. The Morgan fingerprint density at radius 2 is 1.89 bits per heavy atom. The van der Waals surface area contributed by atoms with E-state index >= 15 is 0 Å². The number of nitrogens with zero attached hydrogens (tertiary/aromatic N) is 1. The molecule has 1 aliphatic rings. The Morgan fingerprint density at radius 3 is 2.39 bits per heavy atom. The van der Waals surface area contributed by atoms with Gasteiger partial charge in [-0.3, -0.25) is 4.79 Å². The van der Waals surface area contributed by atoms with Crippen molar-refractivity contribution < 1.29 is 9.53 Å². The van der Waals surface area contributed by atoms with E-state index in [2.05, 4.69) is 11.9 Å². The van der Waals surface area contributed by atoms with Gasteiger partial charge in [0.25, 0.3) is 0 Å². The molecule has 0 amide bonds. The number of hydrogen-bond donors (Lipinski definition) is 1. The van der Waals surface area contributed by atoms with Crippen molar-refractivity contribution in [2.24, 2.45) is 5.73 Å². The van der Waals surface area contributed by atoms with E-state index < -0.39 is 5.54 Å². The lowest BCUT2D eigenvalue weighted by atomic mass is 9.98. The third-order valence-electron chi connectivity index (χ3n) is 4.08. The van der Waals surface area contributed by atoms with Gasteiger partial charge >= 0.3 is 5.97 Å². The van der Waals surface area contributed by atoms with E-state index in [0.29, 0.717) is 12.5 Å². The molecule has 0 aromatic heterocycles. The second kappa shape index (κ2) is 7.10. The standard InChI is InChI=1S/C14H28N2O2/c1-14(15,13(17)18-3)10-11-16(2)12-8-6-4-5-7-9-12/h12H,4-11,15H2,1-3H3. The third-order valence-corrected chi connectivity index (χ3v) is 4.08. The van der Waals surface area contributed by atoms with E-state index in [9.17, 15) is 4.79 Å². The van der Waals surface area contributed by atoms with E-state index in [4.69, 9.17) is 10.5 Å². The summed E-state index contributed by atoms with van der Waals surface area (Å²) in [5, 5.41) is 0. The molecule has 0 aromatic carbocycles. The molecule has 0 radical (unpaired) electrons. The van der Waals surface area contributed by atoms with Gasteiger partial charge in [-0.15, -0.1) is 0 Å². The maximum Gasteiger partial charge on any atom is 0.325 e. The van der Waals surface area contributed by atoms with Gasteiger partial charge in [-0.05, 0) is 33.2 Å². The largest absolute Gasteiger partial charge is 0.468 e. The van der Waals surface area contributed by atoms with Crippen molar-refractivity contribution in [2.75, 3.05) is 20.7 Å². The summed E-state index contributed by atoms with van der Waals surface area (Å²) < 4.78 is 4.73. The highest BCUT2D eigenvalue weighted by atomic mass is 16.5. The van der Waals surface area contributed by atoms with Crippen LogP contribution < -0.4 is 5.73 Å². The number of carbonyl (C=O) groups is 1. The van der Waals surface area contributed by atoms with Gasteiger partial charge in [-0.2, -0.15) is 0 Å². The lowest BCUT2D eigenvalue weighted by molar-refractivity contribution is -0.146. The van der Waals surface area contributed by atoms with E-state index in [-0.39, 0.29) is 5.97 Å². The van der Waals surface area contributed by atoms with Crippen LogP contribution in [0.5, 0.6) is 0 Å². The van der Waals surface area contributed by atoms with Gasteiger partial charge in [-0.1, -0.05) is 25.7 Å². The molecule has 0 spiro atoms. The maximum absolute atomic E-state index is 11.5. The molecule has 0 aliphatic heterocycles. The lowest BCUT2D eigenvalue weighted by Gasteiger charge is -2.30. The van der Waals surface area contributed by atoms with Crippen molar-refractivity contribution in [3.8, 4) is 0 Å². The van der Waals surface area contributed by atoms with Crippen molar-refractivity contribution in [3.63, 3.8) is 0 Å². The van der Waals surface area contributed by atoms with E-state index in [0.717, 1.165) is 6.54 Å². The van der Waals surface area contributed by atoms with Gasteiger partial charge in [0.05, 0.1) is 7.11 Å². The van der Waals surface area contributed by atoms with Crippen LogP contribution in [0.3, 0.4) is 0 Å². The lowest BCUT2D eigenvalue weighted by Crippen LogP contribution is -2.48. The van der Waals surface area contributed by atoms with Crippen LogP contribution in [0.25, 0.3) is 0 Å². The third kappa shape index (κ3) is 4.58. The van der Waals surface area contributed by atoms with E-state index in [1.807, 2.05) is 0 Å². The molecular formula is C14H28N2O2. The van der Waals surface area contributed by atoms with Crippen molar-refractivity contribution >= 4 is 5.97 Å². The second-order valence-electron chi connectivity index (χ2n) is 5.79. The zero-order chi connectivity index (χ0) is 13.6. The molecule has 18 heavy (non-hydrogen) atoms. The van der Waals surface area contributed by atoms with Crippen molar-refractivity contribution in [2.45, 2.75) is 63.5 Å². The Bertz CT molecular complexity index is 259. The summed E-state index contributed by atoms with van der Waals surface area (Å²) in [6.45, 7) is 2.60. The first-order valence-corrected chi connectivity index (χ1v) is 7.05. The number of methoxy groups -OCH3 is 1. The fraction of sp³-hybridized carbons (Fsp3) is 0.929. The van der Waals surface area contributed by atoms with Crippen molar-refractivity contribution in [1.29, 1.82) is 0 Å². The minimum atomic E-state index is -0.867. The summed E-state index contributed by atoms with van der Waals surface area (Å²) in [5.41, 5.74) is 5.11. The Kier molecular flexibility index (Phi) is 6.09. The van der Waals surface area contributed by atoms with Crippen LogP contribution in [-0.4, -0.2) is 43.2 Å². The van der Waals surface area contributed by atoms with Gasteiger partial charge < -0.3 is 15.4 Å². The number of rotatable bonds is 5. The predicted octanol–water partition coefficient (Wildman–Crippen LogP) is 1.92. The predicted molar refractivity (Wildman–Crippen MR) is 73.3 cm³/mol. The molecule has 1 atom stereocenters. The van der Waals surface area contributed by atoms with Crippen LogP contribution in [0.2, 0.25) is 0 Å². The average molecular weight is 256 g/mol. The normalized spacial score (nSPS) is 21.4. The summed E-state index contributed by atoms with van der Waals surface area (Å²) in [6.07, 6.45) is 8.57. The molecule has 1 fully saturated rings. The molecule has 0 saturated heterocycles. The summed E-state index contributed by atoms with van der Waals surface area (Å²) in [4.78, 5) is 13.9. The molecule has 4 nitrogen and oxygen atoms in total. The summed E-state index contributed by atoms with van der Waals surface area (Å²) >= 11 is 0. The van der Waals surface area contributed by atoms with Crippen LogP contribution in [0, 0.1) is 0 Å². The van der Waals surface area contributed by atoms with Crippen LogP contribution >= 0.6 is 0 Å².